The zero-order chi connectivity index (χ0) is 18.1. The lowest BCUT2D eigenvalue weighted by Gasteiger charge is -2.28. The highest BCUT2D eigenvalue weighted by molar-refractivity contribution is 5.88. The first-order valence-corrected chi connectivity index (χ1v) is 8.43. The number of fused-ring (bicyclic) bond motifs is 1. The maximum absolute atomic E-state index is 13.3. The van der Waals surface area contributed by atoms with Crippen molar-refractivity contribution in [1.29, 1.82) is 0 Å². The highest BCUT2D eigenvalue weighted by Gasteiger charge is 2.50. The van der Waals surface area contributed by atoms with Crippen LogP contribution in [0.5, 0.6) is 0 Å². The molecule has 3 rings (SSSR count). The Kier molecular flexibility index (Phi) is 4.74. The standard InChI is InChI=1S/C18H22FN3O3/c1-11(23)22-15(18(25)20-2)8-13-9-21(10-16(13)22)17(24)7-12-4-3-5-14(19)6-12/h3-6,13,15-16H,7-10H2,1-2H3,(H,20,25)/t13-,15-,16+/m0/s1. The van der Waals surface area contributed by atoms with Gasteiger partial charge in [-0.05, 0) is 24.1 Å². The van der Waals surface area contributed by atoms with Gasteiger partial charge in [0.2, 0.25) is 17.7 Å². The molecule has 0 aromatic heterocycles. The van der Waals surface area contributed by atoms with Crippen LogP contribution >= 0.6 is 0 Å². The fraction of sp³-hybridized carbons (Fsp3) is 0.500. The van der Waals surface area contributed by atoms with Gasteiger partial charge < -0.3 is 15.1 Å². The average molecular weight is 347 g/mol. The van der Waals surface area contributed by atoms with E-state index < -0.39 is 6.04 Å². The number of likely N-dealkylation sites (tertiary alicyclic amines) is 2. The lowest BCUT2D eigenvalue weighted by Crippen LogP contribution is -2.49. The zero-order valence-corrected chi connectivity index (χ0v) is 14.4. The second-order valence-electron chi connectivity index (χ2n) is 6.72. The van der Waals surface area contributed by atoms with E-state index in [1.165, 1.54) is 19.1 Å². The SMILES string of the molecule is CNC(=O)[C@@H]1C[C@H]2CN(C(=O)Cc3cccc(F)c3)C[C@H]2N1C(C)=O. The summed E-state index contributed by atoms with van der Waals surface area (Å²) >= 11 is 0. The van der Waals surface area contributed by atoms with Crippen LogP contribution in [-0.2, 0) is 20.8 Å². The largest absolute Gasteiger partial charge is 0.357 e. The van der Waals surface area contributed by atoms with E-state index in [9.17, 15) is 18.8 Å². The molecule has 7 heteroatoms. The summed E-state index contributed by atoms with van der Waals surface area (Å²) in [7, 11) is 1.56. The van der Waals surface area contributed by atoms with Crippen molar-refractivity contribution in [2.45, 2.75) is 31.8 Å². The van der Waals surface area contributed by atoms with Crippen LogP contribution in [-0.4, -0.2) is 59.7 Å². The van der Waals surface area contributed by atoms with Crippen LogP contribution < -0.4 is 5.32 Å². The molecule has 2 saturated heterocycles. The van der Waals surface area contributed by atoms with Gasteiger partial charge in [-0.1, -0.05) is 12.1 Å². The Balaban J connectivity index is 1.68. The maximum atomic E-state index is 13.3. The van der Waals surface area contributed by atoms with Crippen LogP contribution in [0.2, 0.25) is 0 Å². The van der Waals surface area contributed by atoms with Crippen molar-refractivity contribution in [2.75, 3.05) is 20.1 Å². The van der Waals surface area contributed by atoms with E-state index in [1.807, 2.05) is 0 Å². The molecule has 0 saturated carbocycles. The van der Waals surface area contributed by atoms with Crippen LogP contribution in [0.3, 0.4) is 0 Å². The Hall–Kier alpha value is -2.44. The molecule has 2 fully saturated rings. The predicted molar refractivity (Wildman–Crippen MR) is 89.0 cm³/mol. The summed E-state index contributed by atoms with van der Waals surface area (Å²) in [6.45, 7) is 2.40. The Bertz CT molecular complexity index is 709. The third-order valence-corrected chi connectivity index (χ3v) is 5.14. The molecule has 2 heterocycles. The first-order chi connectivity index (χ1) is 11.9. The third-order valence-electron chi connectivity index (χ3n) is 5.14. The summed E-state index contributed by atoms with van der Waals surface area (Å²) in [4.78, 5) is 39.9. The summed E-state index contributed by atoms with van der Waals surface area (Å²) in [5.74, 6) is -0.662. The second kappa shape index (κ2) is 6.82. The molecule has 0 spiro atoms. The summed E-state index contributed by atoms with van der Waals surface area (Å²) in [5.41, 5.74) is 0.633. The van der Waals surface area contributed by atoms with Crippen LogP contribution in [0.25, 0.3) is 0 Å². The van der Waals surface area contributed by atoms with Gasteiger partial charge in [-0.3, -0.25) is 14.4 Å². The first-order valence-electron chi connectivity index (χ1n) is 8.43. The van der Waals surface area contributed by atoms with E-state index in [-0.39, 0.29) is 41.9 Å². The molecule has 6 nitrogen and oxygen atoms in total. The number of hydrogen-bond acceptors (Lipinski definition) is 3. The second-order valence-corrected chi connectivity index (χ2v) is 6.72. The summed E-state index contributed by atoms with van der Waals surface area (Å²) in [5, 5.41) is 2.60. The average Bonchev–Trinajstić information content (AvgIpc) is 3.11. The number of benzene rings is 1. The number of amides is 3. The van der Waals surface area contributed by atoms with Gasteiger partial charge in [0.25, 0.3) is 0 Å². The van der Waals surface area contributed by atoms with Gasteiger partial charge in [0, 0.05) is 33.0 Å². The van der Waals surface area contributed by atoms with E-state index in [2.05, 4.69) is 5.32 Å². The molecular formula is C18H22FN3O3. The van der Waals surface area contributed by atoms with Crippen molar-refractivity contribution in [3.8, 4) is 0 Å². The van der Waals surface area contributed by atoms with E-state index in [4.69, 9.17) is 0 Å². The van der Waals surface area contributed by atoms with Crippen LogP contribution in [0.4, 0.5) is 4.39 Å². The van der Waals surface area contributed by atoms with Crippen molar-refractivity contribution >= 4 is 17.7 Å². The van der Waals surface area contributed by atoms with Crippen molar-refractivity contribution in [1.82, 2.24) is 15.1 Å². The Morgan fingerprint density at radius 1 is 1.28 bits per heavy atom. The van der Waals surface area contributed by atoms with Gasteiger partial charge in [-0.25, -0.2) is 4.39 Å². The number of halogens is 1. The molecule has 134 valence electrons. The predicted octanol–water partition coefficient (Wildman–Crippen LogP) is 0.562. The highest BCUT2D eigenvalue weighted by Crippen LogP contribution is 2.36. The molecule has 1 aromatic carbocycles. The molecule has 0 radical (unpaired) electrons. The van der Waals surface area contributed by atoms with Gasteiger partial charge >= 0.3 is 0 Å². The molecule has 1 N–H and O–H groups in total. The fourth-order valence-electron chi connectivity index (χ4n) is 4.02. The summed E-state index contributed by atoms with van der Waals surface area (Å²) in [6.07, 6.45) is 0.698. The molecule has 1 aromatic rings. The quantitative estimate of drug-likeness (QED) is 0.869. The number of carbonyl (C=O) groups is 3. The van der Waals surface area contributed by atoms with Crippen LogP contribution in [0.15, 0.2) is 24.3 Å². The van der Waals surface area contributed by atoms with Crippen molar-refractivity contribution in [3.63, 3.8) is 0 Å². The molecule has 0 aliphatic carbocycles. The monoisotopic (exact) mass is 347 g/mol. The summed E-state index contributed by atoms with van der Waals surface area (Å²) < 4.78 is 13.3. The maximum Gasteiger partial charge on any atom is 0.242 e. The Morgan fingerprint density at radius 2 is 2.04 bits per heavy atom. The smallest absolute Gasteiger partial charge is 0.242 e. The topological polar surface area (TPSA) is 69.7 Å². The third kappa shape index (κ3) is 3.36. The molecule has 25 heavy (non-hydrogen) atoms. The molecular weight excluding hydrogens is 325 g/mol. The minimum Gasteiger partial charge on any atom is -0.357 e. The van der Waals surface area contributed by atoms with Gasteiger partial charge in [0.1, 0.15) is 11.9 Å². The van der Waals surface area contributed by atoms with E-state index in [0.29, 0.717) is 25.1 Å². The van der Waals surface area contributed by atoms with Crippen LogP contribution in [0, 0.1) is 11.7 Å². The number of nitrogens with one attached hydrogen (secondary N) is 1. The minimum atomic E-state index is -0.460. The van der Waals surface area contributed by atoms with Crippen molar-refractivity contribution in [3.05, 3.63) is 35.6 Å². The Morgan fingerprint density at radius 3 is 2.68 bits per heavy atom. The van der Waals surface area contributed by atoms with E-state index in [0.717, 1.165) is 0 Å². The van der Waals surface area contributed by atoms with E-state index >= 15 is 0 Å². The summed E-state index contributed by atoms with van der Waals surface area (Å²) in [6, 6.07) is 5.42. The Labute approximate surface area is 146 Å². The number of rotatable bonds is 3. The molecule has 3 atom stereocenters. The fourth-order valence-corrected chi connectivity index (χ4v) is 4.02. The minimum absolute atomic E-state index is 0.0833. The molecule has 2 aliphatic heterocycles. The molecule has 0 bridgehead atoms. The van der Waals surface area contributed by atoms with E-state index in [1.54, 1.807) is 29.0 Å². The highest BCUT2D eigenvalue weighted by atomic mass is 19.1. The number of hydrogen-bond donors (Lipinski definition) is 1. The molecule has 0 unspecified atom stereocenters. The number of likely N-dealkylation sites (N-methyl/N-ethyl adjacent to an activating group) is 1. The number of nitrogens with zero attached hydrogens (tertiary/aromatic N) is 2. The van der Waals surface area contributed by atoms with Crippen molar-refractivity contribution in [2.24, 2.45) is 5.92 Å². The lowest BCUT2D eigenvalue weighted by molar-refractivity contribution is -0.139. The molecule has 2 aliphatic rings. The first kappa shape index (κ1) is 17.4. The lowest BCUT2D eigenvalue weighted by atomic mass is 10.0. The van der Waals surface area contributed by atoms with Gasteiger partial charge in [-0.2, -0.15) is 0 Å². The normalized spacial score (nSPS) is 25.0. The van der Waals surface area contributed by atoms with Gasteiger partial charge in [-0.15, -0.1) is 0 Å². The van der Waals surface area contributed by atoms with Crippen LogP contribution in [0.1, 0.15) is 18.9 Å². The zero-order valence-electron chi connectivity index (χ0n) is 14.4. The number of carbonyl (C=O) groups excluding carboxylic acids is 3. The van der Waals surface area contributed by atoms with Gasteiger partial charge in [0.15, 0.2) is 0 Å². The van der Waals surface area contributed by atoms with Gasteiger partial charge in [0.05, 0.1) is 12.5 Å². The van der Waals surface area contributed by atoms with Crippen molar-refractivity contribution < 1.29 is 18.8 Å². The molecule has 3 amide bonds.